The minimum atomic E-state index is -1.57. The van der Waals surface area contributed by atoms with Gasteiger partial charge in [-0.05, 0) is 32.1 Å². The SMILES string of the molecule is CCCCCCCCC/C=C/C(O)C(COC1OC(CO)C(O)C(O)C1O)NC(=O)CCCCCCCCCCCCCCCOC(=O)CCCCCCCCCCCCCCCCCCCC. The van der Waals surface area contributed by atoms with Crippen molar-refractivity contribution >= 4 is 11.9 Å². The van der Waals surface area contributed by atoms with Crippen LogP contribution in [0.4, 0.5) is 0 Å². The lowest BCUT2D eigenvalue weighted by atomic mass is 9.99. The Morgan fingerprint density at radius 3 is 1.37 bits per heavy atom. The zero-order chi connectivity index (χ0) is 49.6. The first-order valence-electron chi connectivity index (χ1n) is 29.0. The van der Waals surface area contributed by atoms with Crippen LogP contribution in [0.15, 0.2) is 12.2 Å². The summed E-state index contributed by atoms with van der Waals surface area (Å²) in [6.45, 7) is 4.28. The van der Waals surface area contributed by atoms with Crippen LogP contribution >= 0.6 is 0 Å². The van der Waals surface area contributed by atoms with Gasteiger partial charge in [-0.25, -0.2) is 0 Å². The molecule has 6 N–H and O–H groups in total. The smallest absolute Gasteiger partial charge is 0.305 e. The average molecular weight is 968 g/mol. The monoisotopic (exact) mass is 968 g/mol. The lowest BCUT2D eigenvalue weighted by molar-refractivity contribution is -0.302. The summed E-state index contributed by atoms with van der Waals surface area (Å²) < 4.78 is 16.7. The molecule has 0 aliphatic carbocycles. The van der Waals surface area contributed by atoms with E-state index in [2.05, 4.69) is 19.2 Å². The molecule has 0 aromatic rings. The second-order valence-corrected chi connectivity index (χ2v) is 20.4. The van der Waals surface area contributed by atoms with Crippen LogP contribution in [0.5, 0.6) is 0 Å². The highest BCUT2D eigenvalue weighted by Crippen LogP contribution is 2.23. The number of aliphatic hydroxyl groups excluding tert-OH is 5. The van der Waals surface area contributed by atoms with Crippen molar-refractivity contribution in [3.63, 3.8) is 0 Å². The molecule has 0 spiro atoms. The van der Waals surface area contributed by atoms with E-state index in [0.717, 1.165) is 70.6 Å². The number of esters is 1. The van der Waals surface area contributed by atoms with Crippen molar-refractivity contribution < 1.29 is 49.3 Å². The van der Waals surface area contributed by atoms with E-state index in [1.807, 2.05) is 6.08 Å². The molecule has 0 aromatic heterocycles. The standard InChI is InChI=1S/C57H109NO10/c1-3-5-7-9-11-13-14-15-16-17-18-19-22-25-29-33-37-41-45-53(62)66-46-42-38-34-30-26-23-20-21-24-28-32-36-40-44-52(61)58-49(50(60)43-39-35-31-27-12-10-8-6-4-2)48-67-57-56(65)55(64)54(63)51(47-59)68-57/h39,43,49-51,54-57,59-60,63-65H,3-38,40-42,44-48H2,1-2H3,(H,58,61)/b43-39+. The molecule has 1 amide bonds. The number of rotatable bonds is 50. The Morgan fingerprint density at radius 1 is 0.529 bits per heavy atom. The molecule has 1 fully saturated rings. The number of unbranched alkanes of at least 4 members (excludes halogenated alkanes) is 36. The number of carbonyl (C=O) groups excluding carboxylic acids is 2. The number of hydrogen-bond donors (Lipinski definition) is 6. The Morgan fingerprint density at radius 2 is 0.926 bits per heavy atom. The Bertz CT molecular complexity index is 1140. The number of aliphatic hydroxyl groups is 5. The number of ether oxygens (including phenoxy) is 3. The fourth-order valence-electron chi connectivity index (χ4n) is 9.26. The third-order valence-electron chi connectivity index (χ3n) is 13.9. The summed E-state index contributed by atoms with van der Waals surface area (Å²) in [6.07, 6.45) is 44.5. The molecule has 1 heterocycles. The third kappa shape index (κ3) is 37.2. The molecule has 0 radical (unpaired) electrons. The molecule has 0 aromatic carbocycles. The van der Waals surface area contributed by atoms with Crippen LogP contribution in [-0.4, -0.2) is 100 Å². The van der Waals surface area contributed by atoms with E-state index in [1.165, 1.54) is 180 Å². The van der Waals surface area contributed by atoms with Gasteiger partial charge >= 0.3 is 5.97 Å². The highest BCUT2D eigenvalue weighted by molar-refractivity contribution is 5.76. The lowest BCUT2D eigenvalue weighted by Gasteiger charge is -2.40. The van der Waals surface area contributed by atoms with Crippen molar-refractivity contribution in [1.29, 1.82) is 0 Å². The summed E-state index contributed by atoms with van der Waals surface area (Å²) in [5.74, 6) is -0.219. The van der Waals surface area contributed by atoms with Crippen LogP contribution in [0.2, 0.25) is 0 Å². The summed E-state index contributed by atoms with van der Waals surface area (Å²) in [6, 6.07) is -0.817. The highest BCUT2D eigenvalue weighted by atomic mass is 16.7. The summed E-state index contributed by atoms with van der Waals surface area (Å²) in [4.78, 5) is 25.1. The van der Waals surface area contributed by atoms with Crippen LogP contribution in [0.25, 0.3) is 0 Å². The Kier molecular flexibility index (Phi) is 45.2. The van der Waals surface area contributed by atoms with Crippen molar-refractivity contribution in [2.45, 2.75) is 320 Å². The summed E-state index contributed by atoms with van der Waals surface area (Å²) in [5, 5.41) is 54.1. The van der Waals surface area contributed by atoms with Gasteiger partial charge in [0.05, 0.1) is 32.0 Å². The van der Waals surface area contributed by atoms with E-state index in [-0.39, 0.29) is 18.5 Å². The van der Waals surface area contributed by atoms with Gasteiger partial charge in [0.25, 0.3) is 0 Å². The zero-order valence-electron chi connectivity index (χ0n) is 44.1. The fourth-order valence-corrected chi connectivity index (χ4v) is 9.26. The van der Waals surface area contributed by atoms with Crippen molar-refractivity contribution in [1.82, 2.24) is 5.32 Å². The van der Waals surface area contributed by atoms with Crippen molar-refractivity contribution in [2.24, 2.45) is 0 Å². The number of carbonyl (C=O) groups is 2. The molecule has 11 heteroatoms. The molecule has 1 rings (SSSR count). The van der Waals surface area contributed by atoms with Gasteiger partial charge in [0.2, 0.25) is 5.91 Å². The Balaban J connectivity index is 2.04. The van der Waals surface area contributed by atoms with Crippen LogP contribution < -0.4 is 5.32 Å². The maximum atomic E-state index is 13.0. The zero-order valence-corrected chi connectivity index (χ0v) is 44.1. The van der Waals surface area contributed by atoms with Gasteiger partial charge in [0.15, 0.2) is 6.29 Å². The first-order valence-corrected chi connectivity index (χ1v) is 29.0. The van der Waals surface area contributed by atoms with E-state index in [0.29, 0.717) is 19.4 Å². The van der Waals surface area contributed by atoms with Gasteiger partial charge < -0.3 is 45.1 Å². The largest absolute Gasteiger partial charge is 0.466 e. The molecule has 1 saturated heterocycles. The molecule has 7 unspecified atom stereocenters. The minimum absolute atomic E-state index is 0.0232. The van der Waals surface area contributed by atoms with Crippen molar-refractivity contribution in [2.75, 3.05) is 19.8 Å². The van der Waals surface area contributed by atoms with Crippen LogP contribution in [0.1, 0.15) is 277 Å². The Labute approximate surface area is 417 Å². The van der Waals surface area contributed by atoms with Gasteiger partial charge in [-0.1, -0.05) is 244 Å². The molecule has 0 saturated carbocycles. The molecule has 11 nitrogen and oxygen atoms in total. The van der Waals surface area contributed by atoms with E-state index in [1.54, 1.807) is 6.08 Å². The fraction of sp³-hybridized carbons (Fsp3) is 0.930. The predicted octanol–water partition coefficient (Wildman–Crippen LogP) is 12.8. The van der Waals surface area contributed by atoms with E-state index in [9.17, 15) is 35.1 Å². The molecule has 402 valence electrons. The second-order valence-electron chi connectivity index (χ2n) is 20.4. The van der Waals surface area contributed by atoms with Crippen molar-refractivity contribution in [3.05, 3.63) is 12.2 Å². The van der Waals surface area contributed by atoms with Crippen LogP contribution in [0, 0.1) is 0 Å². The number of allylic oxidation sites excluding steroid dienone is 1. The molecular formula is C57H109NO10. The maximum Gasteiger partial charge on any atom is 0.305 e. The minimum Gasteiger partial charge on any atom is -0.466 e. The van der Waals surface area contributed by atoms with Crippen LogP contribution in [0.3, 0.4) is 0 Å². The van der Waals surface area contributed by atoms with Gasteiger partial charge in [-0.2, -0.15) is 0 Å². The highest BCUT2D eigenvalue weighted by Gasteiger charge is 2.44. The van der Waals surface area contributed by atoms with E-state index in [4.69, 9.17) is 14.2 Å². The quantitative estimate of drug-likeness (QED) is 0.0196. The van der Waals surface area contributed by atoms with E-state index < -0.39 is 49.5 Å². The third-order valence-corrected chi connectivity index (χ3v) is 13.9. The average Bonchev–Trinajstić information content (AvgIpc) is 3.33. The van der Waals surface area contributed by atoms with Gasteiger partial charge in [-0.15, -0.1) is 0 Å². The van der Waals surface area contributed by atoms with Gasteiger partial charge in [0.1, 0.15) is 24.4 Å². The Hall–Kier alpha value is -1.60. The number of amides is 1. The number of nitrogens with one attached hydrogen (secondary N) is 1. The molecule has 0 bridgehead atoms. The topological polar surface area (TPSA) is 175 Å². The molecule has 7 atom stereocenters. The van der Waals surface area contributed by atoms with Gasteiger partial charge in [-0.3, -0.25) is 9.59 Å². The lowest BCUT2D eigenvalue weighted by Crippen LogP contribution is -2.60. The first-order chi connectivity index (χ1) is 33.2. The molecular weight excluding hydrogens is 859 g/mol. The maximum absolute atomic E-state index is 13.0. The van der Waals surface area contributed by atoms with Crippen molar-refractivity contribution in [3.8, 4) is 0 Å². The molecule has 1 aliphatic heterocycles. The normalized spacial score (nSPS) is 19.4. The molecule has 68 heavy (non-hydrogen) atoms. The molecule has 1 aliphatic rings. The summed E-state index contributed by atoms with van der Waals surface area (Å²) in [7, 11) is 0. The van der Waals surface area contributed by atoms with E-state index >= 15 is 0 Å². The predicted molar refractivity (Wildman–Crippen MR) is 278 cm³/mol. The van der Waals surface area contributed by atoms with Crippen LogP contribution in [-0.2, 0) is 23.8 Å². The summed E-state index contributed by atoms with van der Waals surface area (Å²) in [5.41, 5.74) is 0. The second kappa shape index (κ2) is 47.7. The first kappa shape index (κ1) is 64.4. The summed E-state index contributed by atoms with van der Waals surface area (Å²) >= 11 is 0. The van der Waals surface area contributed by atoms with Gasteiger partial charge in [0, 0.05) is 12.8 Å². The number of hydrogen-bond acceptors (Lipinski definition) is 10.